The molecule has 3 aromatic carbocycles. The van der Waals surface area contributed by atoms with E-state index in [-0.39, 0.29) is 24.6 Å². The van der Waals surface area contributed by atoms with E-state index in [9.17, 15) is 9.59 Å². The van der Waals surface area contributed by atoms with Gasteiger partial charge in [-0.15, -0.1) is 0 Å². The molecule has 2 atom stereocenters. The average Bonchev–Trinajstić information content (AvgIpc) is 3.15. The van der Waals surface area contributed by atoms with Crippen molar-refractivity contribution in [1.82, 2.24) is 4.90 Å². The Bertz CT molecular complexity index is 1160. The lowest BCUT2D eigenvalue weighted by atomic mass is 9.96. The van der Waals surface area contributed by atoms with E-state index in [0.29, 0.717) is 19.0 Å². The predicted octanol–water partition coefficient (Wildman–Crippen LogP) is 5.85. The average molecular weight is 455 g/mol. The van der Waals surface area contributed by atoms with Crippen LogP contribution in [0.3, 0.4) is 0 Å². The van der Waals surface area contributed by atoms with Crippen LogP contribution in [0.25, 0.3) is 0 Å². The van der Waals surface area contributed by atoms with E-state index in [1.807, 2.05) is 58.3 Å². The third-order valence-electron chi connectivity index (χ3n) is 7.07. The molecule has 34 heavy (non-hydrogen) atoms. The summed E-state index contributed by atoms with van der Waals surface area (Å²) in [5.41, 5.74) is 5.54. The molecule has 3 aromatic rings. The van der Waals surface area contributed by atoms with Gasteiger partial charge in [0.2, 0.25) is 5.91 Å². The Morgan fingerprint density at radius 3 is 2.35 bits per heavy atom. The number of fused-ring (bicyclic) bond motifs is 5. The fourth-order valence-electron chi connectivity index (χ4n) is 5.31. The zero-order valence-corrected chi connectivity index (χ0v) is 19.5. The number of hydrogen-bond acceptors (Lipinski definition) is 3. The normalized spacial score (nSPS) is 18.3. The van der Waals surface area contributed by atoms with Gasteiger partial charge in [-0.25, -0.2) is 4.79 Å². The fourth-order valence-corrected chi connectivity index (χ4v) is 5.31. The first kappa shape index (κ1) is 22.2. The van der Waals surface area contributed by atoms with E-state index < -0.39 is 0 Å². The molecule has 0 spiro atoms. The van der Waals surface area contributed by atoms with E-state index in [2.05, 4.69) is 30.3 Å². The molecule has 1 aliphatic heterocycles. The predicted molar refractivity (Wildman–Crippen MR) is 133 cm³/mol. The van der Waals surface area contributed by atoms with E-state index in [1.165, 1.54) is 11.1 Å². The van der Waals surface area contributed by atoms with Crippen molar-refractivity contribution < 1.29 is 14.3 Å². The summed E-state index contributed by atoms with van der Waals surface area (Å²) >= 11 is 0. The summed E-state index contributed by atoms with van der Waals surface area (Å²) in [7, 11) is 0. The first-order chi connectivity index (χ1) is 16.6. The zero-order valence-electron chi connectivity index (χ0n) is 19.5. The molecule has 0 radical (unpaired) electrons. The smallest absolute Gasteiger partial charge is 0.410 e. The van der Waals surface area contributed by atoms with Crippen LogP contribution in [-0.2, 0) is 22.6 Å². The minimum absolute atomic E-state index is 0.0000881. The number of amides is 2. The molecule has 2 bridgehead atoms. The molecule has 0 N–H and O–H groups in total. The second-order valence-electron chi connectivity index (χ2n) is 9.19. The van der Waals surface area contributed by atoms with Crippen LogP contribution in [0.5, 0.6) is 0 Å². The fraction of sp³-hybridized carbons (Fsp3) is 0.310. The number of piperidine rings is 1. The third-order valence-corrected chi connectivity index (χ3v) is 7.07. The minimum Gasteiger partial charge on any atom is -0.445 e. The number of rotatable bonds is 6. The van der Waals surface area contributed by atoms with Crippen molar-refractivity contribution in [2.45, 2.75) is 44.8 Å². The standard InChI is InChI=1S/C29H30N2O3/c1-21(32)30(16-14-22-8-4-2-5-9-22)25-12-13-26-24-15-17-31(28(18-24)27(26)19-25)29(33)34-20-23-10-6-3-7-11-23/h2-13,19,24,28H,14-18,20H2,1H3. The molecule has 174 valence electrons. The molecule has 2 amide bonds. The summed E-state index contributed by atoms with van der Waals surface area (Å²) in [6.45, 7) is 3.20. The molecular weight excluding hydrogens is 424 g/mol. The monoisotopic (exact) mass is 454 g/mol. The van der Waals surface area contributed by atoms with Gasteiger partial charge in [0.1, 0.15) is 6.61 Å². The van der Waals surface area contributed by atoms with E-state index in [1.54, 1.807) is 6.92 Å². The lowest BCUT2D eigenvalue weighted by Crippen LogP contribution is -2.38. The number of ether oxygens (including phenoxy) is 1. The topological polar surface area (TPSA) is 49.9 Å². The molecule has 1 saturated heterocycles. The maximum absolute atomic E-state index is 13.0. The van der Waals surface area contributed by atoms with E-state index in [4.69, 9.17) is 4.74 Å². The molecule has 5 rings (SSSR count). The Balaban J connectivity index is 1.33. The highest BCUT2D eigenvalue weighted by Crippen LogP contribution is 2.50. The van der Waals surface area contributed by atoms with Crippen LogP contribution in [0.15, 0.2) is 78.9 Å². The highest BCUT2D eigenvalue weighted by Gasteiger charge is 2.41. The van der Waals surface area contributed by atoms with Gasteiger partial charge in [-0.2, -0.15) is 0 Å². The van der Waals surface area contributed by atoms with Crippen molar-refractivity contribution >= 4 is 17.7 Å². The summed E-state index contributed by atoms with van der Waals surface area (Å²) in [5, 5.41) is 0. The Hall–Kier alpha value is -3.60. The van der Waals surface area contributed by atoms with Gasteiger partial charge < -0.3 is 14.5 Å². The van der Waals surface area contributed by atoms with Crippen LogP contribution in [0.1, 0.15) is 54.0 Å². The van der Waals surface area contributed by atoms with Crippen LogP contribution in [0, 0.1) is 0 Å². The Labute approximate surface area is 201 Å². The molecule has 1 aliphatic carbocycles. The SMILES string of the molecule is CC(=O)N(CCc1ccccc1)c1ccc2c(c1)C1CC2CCN1C(=O)OCc1ccccc1. The number of benzene rings is 3. The molecular formula is C29H30N2O3. The van der Waals surface area contributed by atoms with Crippen LogP contribution in [-0.4, -0.2) is 30.0 Å². The van der Waals surface area contributed by atoms with Crippen molar-refractivity contribution in [3.63, 3.8) is 0 Å². The molecule has 0 saturated carbocycles. The van der Waals surface area contributed by atoms with Gasteiger partial charge in [0.15, 0.2) is 0 Å². The summed E-state index contributed by atoms with van der Waals surface area (Å²) < 4.78 is 5.66. The quantitative estimate of drug-likeness (QED) is 0.469. The number of carbonyl (C=O) groups is 2. The van der Waals surface area contributed by atoms with Crippen molar-refractivity contribution in [1.29, 1.82) is 0 Å². The Morgan fingerprint density at radius 2 is 1.65 bits per heavy atom. The van der Waals surface area contributed by atoms with E-state index in [0.717, 1.165) is 36.1 Å². The van der Waals surface area contributed by atoms with Crippen molar-refractivity contribution in [2.75, 3.05) is 18.0 Å². The van der Waals surface area contributed by atoms with Crippen LogP contribution in [0.2, 0.25) is 0 Å². The first-order valence-corrected chi connectivity index (χ1v) is 12.0. The van der Waals surface area contributed by atoms with Crippen LogP contribution >= 0.6 is 0 Å². The largest absolute Gasteiger partial charge is 0.445 e. The van der Waals surface area contributed by atoms with Crippen molar-refractivity contribution in [2.24, 2.45) is 0 Å². The van der Waals surface area contributed by atoms with Crippen molar-refractivity contribution in [3.8, 4) is 0 Å². The molecule has 2 aliphatic rings. The van der Waals surface area contributed by atoms with Crippen LogP contribution < -0.4 is 4.90 Å². The van der Waals surface area contributed by atoms with Gasteiger partial charge in [0.25, 0.3) is 0 Å². The maximum Gasteiger partial charge on any atom is 0.410 e. The Kier molecular flexibility index (Phi) is 6.35. The summed E-state index contributed by atoms with van der Waals surface area (Å²) in [4.78, 5) is 29.2. The highest BCUT2D eigenvalue weighted by molar-refractivity contribution is 5.91. The van der Waals surface area contributed by atoms with Gasteiger partial charge in [0.05, 0.1) is 6.04 Å². The Morgan fingerprint density at radius 1 is 0.941 bits per heavy atom. The number of anilines is 1. The number of carbonyl (C=O) groups excluding carboxylic acids is 2. The van der Waals surface area contributed by atoms with Crippen molar-refractivity contribution in [3.05, 3.63) is 101 Å². The van der Waals surface area contributed by atoms with Gasteiger partial charge >= 0.3 is 6.09 Å². The second kappa shape index (κ2) is 9.72. The first-order valence-electron chi connectivity index (χ1n) is 12.0. The molecule has 5 nitrogen and oxygen atoms in total. The number of likely N-dealkylation sites (tertiary alicyclic amines) is 1. The minimum atomic E-state index is -0.266. The van der Waals surface area contributed by atoms with E-state index >= 15 is 0 Å². The number of nitrogens with zero attached hydrogens (tertiary/aromatic N) is 2. The maximum atomic E-state index is 13.0. The van der Waals surface area contributed by atoms with Gasteiger partial charge in [0, 0.05) is 25.7 Å². The summed E-state index contributed by atoms with van der Waals surface area (Å²) in [6, 6.07) is 26.3. The molecule has 1 fully saturated rings. The molecule has 1 heterocycles. The van der Waals surface area contributed by atoms with Gasteiger partial charge in [-0.05, 0) is 59.6 Å². The third kappa shape index (κ3) is 4.56. The second-order valence-corrected chi connectivity index (χ2v) is 9.19. The summed E-state index contributed by atoms with van der Waals surface area (Å²) in [6.07, 6.45) is 2.39. The lowest BCUT2D eigenvalue weighted by molar-refractivity contribution is -0.116. The summed E-state index contributed by atoms with van der Waals surface area (Å²) in [5.74, 6) is 0.485. The molecule has 5 heteroatoms. The van der Waals surface area contributed by atoms with Gasteiger partial charge in [-0.3, -0.25) is 4.79 Å². The van der Waals surface area contributed by atoms with Gasteiger partial charge in [-0.1, -0.05) is 66.7 Å². The highest BCUT2D eigenvalue weighted by atomic mass is 16.6. The zero-order chi connectivity index (χ0) is 23.5. The molecule has 2 unspecified atom stereocenters. The lowest BCUT2D eigenvalue weighted by Gasteiger charge is -2.33. The number of hydrogen-bond donors (Lipinski definition) is 0. The molecule has 0 aromatic heterocycles. The van der Waals surface area contributed by atoms with Crippen LogP contribution in [0.4, 0.5) is 10.5 Å².